The van der Waals surface area contributed by atoms with Crippen LogP contribution in [0.2, 0.25) is 0 Å². The van der Waals surface area contributed by atoms with Gasteiger partial charge in [0.05, 0.1) is 12.4 Å². The second-order valence-corrected chi connectivity index (χ2v) is 5.74. The zero-order valence-electron chi connectivity index (χ0n) is 10.3. The molecule has 0 amide bonds. The van der Waals surface area contributed by atoms with E-state index >= 15 is 0 Å². The largest absolute Gasteiger partial charge is 0.465 e. The van der Waals surface area contributed by atoms with Crippen LogP contribution in [0.15, 0.2) is 0 Å². The van der Waals surface area contributed by atoms with Gasteiger partial charge in [-0.05, 0) is 19.9 Å². The highest BCUT2D eigenvalue weighted by Crippen LogP contribution is 2.00. The molecule has 1 unspecified atom stereocenters. The Morgan fingerprint density at radius 1 is 1.41 bits per heavy atom. The van der Waals surface area contributed by atoms with Gasteiger partial charge in [0, 0.05) is 12.6 Å². The number of aliphatic hydroxyl groups is 1. The first kappa shape index (κ1) is 16.3. The number of aliphatic hydroxyl groups excluding tert-OH is 1. The van der Waals surface area contributed by atoms with E-state index in [1.807, 2.05) is 6.92 Å². The van der Waals surface area contributed by atoms with Gasteiger partial charge in [0.15, 0.2) is 9.84 Å². The van der Waals surface area contributed by atoms with E-state index in [1.54, 1.807) is 6.92 Å². The van der Waals surface area contributed by atoms with Crippen LogP contribution in [0.3, 0.4) is 0 Å². The van der Waals surface area contributed by atoms with Gasteiger partial charge in [-0.1, -0.05) is 6.92 Å². The van der Waals surface area contributed by atoms with Crippen molar-refractivity contribution in [2.24, 2.45) is 0 Å². The highest BCUT2D eigenvalue weighted by molar-refractivity contribution is 7.92. The average Bonchev–Trinajstić information content (AvgIpc) is 2.16. The molecule has 0 aromatic heterocycles. The minimum atomic E-state index is -3.49. The minimum absolute atomic E-state index is 0.0907. The predicted octanol–water partition coefficient (Wildman–Crippen LogP) is -0.675. The van der Waals surface area contributed by atoms with E-state index in [1.165, 1.54) is 0 Å². The fraction of sp³-hybridized carbons (Fsp3) is 0.900. The molecule has 0 saturated heterocycles. The Balaban J connectivity index is 4.34. The third-order valence-electron chi connectivity index (χ3n) is 2.07. The lowest BCUT2D eigenvalue weighted by molar-refractivity contribution is -0.139. The molecule has 2 N–H and O–H groups in total. The Bertz CT molecular complexity index is 309. The Kier molecular flexibility index (Phi) is 8.11. The first-order chi connectivity index (χ1) is 7.95. The molecule has 0 aromatic carbocycles. The van der Waals surface area contributed by atoms with E-state index in [-0.39, 0.29) is 25.0 Å². The molecular formula is C10H21NO5S. The van der Waals surface area contributed by atoms with E-state index in [0.29, 0.717) is 13.0 Å². The molecule has 102 valence electrons. The van der Waals surface area contributed by atoms with Crippen LogP contribution in [0.1, 0.15) is 20.3 Å². The average molecular weight is 267 g/mol. The van der Waals surface area contributed by atoms with Crippen LogP contribution in [0.5, 0.6) is 0 Å². The van der Waals surface area contributed by atoms with Crippen molar-refractivity contribution in [1.29, 1.82) is 0 Å². The van der Waals surface area contributed by atoms with Crippen molar-refractivity contribution in [2.45, 2.75) is 26.3 Å². The van der Waals surface area contributed by atoms with Gasteiger partial charge in [-0.2, -0.15) is 0 Å². The van der Waals surface area contributed by atoms with Crippen LogP contribution in [-0.2, 0) is 19.4 Å². The summed E-state index contributed by atoms with van der Waals surface area (Å²) >= 11 is 0. The monoisotopic (exact) mass is 267 g/mol. The van der Waals surface area contributed by atoms with Gasteiger partial charge in [-0.25, -0.2) is 8.42 Å². The number of esters is 1. The number of sulfone groups is 1. The fourth-order valence-corrected chi connectivity index (χ4v) is 2.89. The van der Waals surface area contributed by atoms with E-state index in [4.69, 9.17) is 5.11 Å². The lowest BCUT2D eigenvalue weighted by Gasteiger charge is -2.16. The van der Waals surface area contributed by atoms with Crippen LogP contribution in [0.25, 0.3) is 0 Å². The number of carbonyl (C=O) groups excluding carboxylic acids is 1. The SMILES string of the molecule is CCNC(CCO)CS(=O)(=O)CC(=O)OCC. The van der Waals surface area contributed by atoms with Crippen molar-refractivity contribution in [3.8, 4) is 0 Å². The number of hydrogen-bond donors (Lipinski definition) is 2. The zero-order valence-corrected chi connectivity index (χ0v) is 11.1. The van der Waals surface area contributed by atoms with Gasteiger partial charge in [-0.3, -0.25) is 4.79 Å². The maximum absolute atomic E-state index is 11.7. The van der Waals surface area contributed by atoms with Crippen LogP contribution in [0, 0.1) is 0 Å². The van der Waals surface area contributed by atoms with E-state index < -0.39 is 21.6 Å². The summed E-state index contributed by atoms with van der Waals surface area (Å²) in [6.07, 6.45) is 0.343. The van der Waals surface area contributed by atoms with Crippen molar-refractivity contribution in [3.05, 3.63) is 0 Å². The second kappa shape index (κ2) is 8.43. The topological polar surface area (TPSA) is 92.7 Å². The van der Waals surface area contributed by atoms with Crippen LogP contribution >= 0.6 is 0 Å². The van der Waals surface area contributed by atoms with E-state index in [2.05, 4.69) is 10.1 Å². The highest BCUT2D eigenvalue weighted by Gasteiger charge is 2.22. The van der Waals surface area contributed by atoms with Gasteiger partial charge in [0.1, 0.15) is 5.75 Å². The summed E-state index contributed by atoms with van der Waals surface area (Å²) < 4.78 is 27.9. The smallest absolute Gasteiger partial charge is 0.321 e. The molecule has 0 saturated carbocycles. The van der Waals surface area contributed by atoms with Gasteiger partial charge < -0.3 is 15.2 Å². The zero-order chi connectivity index (χ0) is 13.3. The molecule has 0 spiro atoms. The van der Waals surface area contributed by atoms with Crippen molar-refractivity contribution in [3.63, 3.8) is 0 Å². The number of nitrogens with one attached hydrogen (secondary N) is 1. The standard InChI is InChI=1S/C10H21NO5S/c1-3-11-9(5-6-12)7-17(14,15)8-10(13)16-4-2/h9,11-12H,3-8H2,1-2H3. The summed E-state index contributed by atoms with van der Waals surface area (Å²) in [5.41, 5.74) is 0. The van der Waals surface area contributed by atoms with Crippen molar-refractivity contribution in [1.82, 2.24) is 5.32 Å². The maximum Gasteiger partial charge on any atom is 0.321 e. The summed E-state index contributed by atoms with van der Waals surface area (Å²) in [5, 5.41) is 11.8. The van der Waals surface area contributed by atoms with E-state index in [9.17, 15) is 13.2 Å². The van der Waals surface area contributed by atoms with Crippen LogP contribution in [-0.4, -0.2) is 56.8 Å². The Morgan fingerprint density at radius 2 is 2.06 bits per heavy atom. The summed E-state index contributed by atoms with van der Waals surface area (Å²) in [6.45, 7) is 4.16. The molecule has 0 rings (SSSR count). The third-order valence-corrected chi connectivity index (χ3v) is 3.65. The lowest BCUT2D eigenvalue weighted by atomic mass is 10.2. The first-order valence-corrected chi connectivity index (χ1v) is 7.47. The van der Waals surface area contributed by atoms with E-state index in [0.717, 1.165) is 0 Å². The maximum atomic E-state index is 11.7. The van der Waals surface area contributed by atoms with Crippen molar-refractivity contribution in [2.75, 3.05) is 31.3 Å². The van der Waals surface area contributed by atoms with Gasteiger partial charge in [0.25, 0.3) is 0 Å². The summed E-state index contributed by atoms with van der Waals surface area (Å²) in [7, 11) is -3.49. The van der Waals surface area contributed by atoms with Crippen LogP contribution < -0.4 is 5.32 Å². The quantitative estimate of drug-likeness (QED) is 0.538. The molecule has 0 aliphatic rings. The molecule has 6 nitrogen and oxygen atoms in total. The number of rotatable bonds is 9. The molecule has 0 fully saturated rings. The molecule has 0 aliphatic carbocycles. The first-order valence-electron chi connectivity index (χ1n) is 5.65. The second-order valence-electron chi connectivity index (χ2n) is 3.63. The summed E-state index contributed by atoms with van der Waals surface area (Å²) in [5.74, 6) is -1.50. The number of ether oxygens (including phenoxy) is 1. The van der Waals surface area contributed by atoms with Crippen LogP contribution in [0.4, 0.5) is 0 Å². The Labute approximate surface area is 102 Å². The summed E-state index contributed by atoms with van der Waals surface area (Å²) in [6, 6.07) is -0.329. The summed E-state index contributed by atoms with van der Waals surface area (Å²) in [4.78, 5) is 11.1. The molecule has 0 aliphatic heterocycles. The molecule has 0 heterocycles. The normalized spacial score (nSPS) is 13.4. The molecular weight excluding hydrogens is 246 g/mol. The number of carbonyl (C=O) groups is 1. The van der Waals surface area contributed by atoms with Crippen molar-refractivity contribution >= 4 is 15.8 Å². The Hall–Kier alpha value is -0.660. The molecule has 0 radical (unpaired) electrons. The molecule has 1 atom stereocenters. The predicted molar refractivity (Wildman–Crippen MR) is 64.5 cm³/mol. The van der Waals surface area contributed by atoms with Gasteiger partial charge in [-0.15, -0.1) is 0 Å². The fourth-order valence-electron chi connectivity index (χ4n) is 1.44. The van der Waals surface area contributed by atoms with Gasteiger partial charge >= 0.3 is 5.97 Å². The molecule has 0 bridgehead atoms. The van der Waals surface area contributed by atoms with Crippen molar-refractivity contribution < 1.29 is 23.1 Å². The lowest BCUT2D eigenvalue weighted by Crippen LogP contribution is -2.38. The molecule has 17 heavy (non-hydrogen) atoms. The molecule has 0 aromatic rings. The third kappa shape index (κ3) is 8.12. The Morgan fingerprint density at radius 3 is 2.53 bits per heavy atom. The molecule has 7 heteroatoms. The highest BCUT2D eigenvalue weighted by atomic mass is 32.2. The minimum Gasteiger partial charge on any atom is -0.465 e. The van der Waals surface area contributed by atoms with Gasteiger partial charge in [0.2, 0.25) is 0 Å². The number of hydrogen-bond acceptors (Lipinski definition) is 6.